The van der Waals surface area contributed by atoms with Crippen molar-refractivity contribution in [2.75, 3.05) is 5.32 Å². The third kappa shape index (κ3) is 5.20. The maximum Gasteiger partial charge on any atom is 0.337 e. The number of amides is 2. The van der Waals surface area contributed by atoms with Crippen LogP contribution in [0, 0.1) is 0 Å². The summed E-state index contributed by atoms with van der Waals surface area (Å²) in [5.41, 5.74) is 0.662. The van der Waals surface area contributed by atoms with Gasteiger partial charge in [-0.2, -0.15) is 0 Å². The lowest BCUT2D eigenvalue weighted by Gasteiger charge is -2.03. The largest absolute Gasteiger partial charge is 0.423 e. The number of carbonyl (C=O) groups excluding carboxylic acids is 2. The van der Waals surface area contributed by atoms with Crippen molar-refractivity contribution in [2.24, 2.45) is 0 Å². The van der Waals surface area contributed by atoms with Crippen molar-refractivity contribution in [3.05, 3.63) is 72.9 Å². The molecule has 2 aromatic rings. The minimum Gasteiger partial charge on any atom is -0.423 e. The van der Waals surface area contributed by atoms with E-state index in [1.807, 2.05) is 24.3 Å². The second-order valence-electron chi connectivity index (χ2n) is 4.03. The van der Waals surface area contributed by atoms with Crippen LogP contribution in [-0.2, 0) is 4.79 Å². The Morgan fingerprint density at radius 3 is 2.19 bits per heavy atom. The molecular formula is C16H14N2O3. The second kappa shape index (κ2) is 7.49. The third-order valence-electron chi connectivity index (χ3n) is 2.43. The van der Waals surface area contributed by atoms with E-state index in [0.717, 1.165) is 6.08 Å². The number of rotatable bonds is 4. The number of ether oxygens (including phenoxy) is 1. The fourth-order valence-corrected chi connectivity index (χ4v) is 1.51. The minimum atomic E-state index is -0.568. The van der Waals surface area contributed by atoms with Crippen LogP contribution in [0.15, 0.2) is 72.9 Å². The fraction of sp³-hybridized carbons (Fsp3) is 0. The molecule has 0 saturated heterocycles. The number of esters is 1. The van der Waals surface area contributed by atoms with Crippen LogP contribution in [0.3, 0.4) is 0 Å². The van der Waals surface area contributed by atoms with Gasteiger partial charge in [-0.3, -0.25) is 0 Å². The summed E-state index contributed by atoms with van der Waals surface area (Å²) in [6.07, 6.45) is 2.36. The van der Waals surface area contributed by atoms with Gasteiger partial charge in [-0.25, -0.2) is 9.59 Å². The fourth-order valence-electron chi connectivity index (χ4n) is 1.51. The molecule has 0 fully saturated rings. The quantitative estimate of drug-likeness (QED) is 0.514. The minimum absolute atomic E-state index is 0.440. The van der Waals surface area contributed by atoms with Gasteiger partial charge >= 0.3 is 12.0 Å². The molecule has 106 valence electrons. The predicted octanol–water partition coefficient (Wildman–Crippen LogP) is 2.93. The van der Waals surface area contributed by atoms with Crippen LogP contribution >= 0.6 is 0 Å². The topological polar surface area (TPSA) is 67.4 Å². The Hall–Kier alpha value is -3.08. The number of hydrogen-bond donors (Lipinski definition) is 2. The first-order chi connectivity index (χ1) is 10.2. The van der Waals surface area contributed by atoms with E-state index in [9.17, 15) is 9.59 Å². The molecule has 0 bridgehead atoms. The van der Waals surface area contributed by atoms with E-state index >= 15 is 0 Å². The van der Waals surface area contributed by atoms with E-state index in [4.69, 9.17) is 4.74 Å². The first kappa shape index (κ1) is 14.3. The molecule has 2 N–H and O–H groups in total. The zero-order valence-electron chi connectivity index (χ0n) is 11.2. The van der Waals surface area contributed by atoms with Crippen molar-refractivity contribution < 1.29 is 14.3 Å². The van der Waals surface area contributed by atoms with Gasteiger partial charge in [0.05, 0.1) is 0 Å². The Labute approximate surface area is 122 Å². The number of hydrogen-bond acceptors (Lipinski definition) is 3. The number of para-hydroxylation sites is 2. The summed E-state index contributed by atoms with van der Waals surface area (Å²) < 4.78 is 5.02. The molecule has 0 radical (unpaired) electrons. The van der Waals surface area contributed by atoms with Gasteiger partial charge in [0.2, 0.25) is 0 Å². The second-order valence-corrected chi connectivity index (χ2v) is 4.03. The molecule has 0 saturated carbocycles. The number of anilines is 1. The highest BCUT2D eigenvalue weighted by atomic mass is 16.5. The Morgan fingerprint density at radius 2 is 1.52 bits per heavy atom. The molecule has 0 aliphatic carbocycles. The number of carbonyl (C=O) groups is 2. The summed E-state index contributed by atoms with van der Waals surface area (Å²) in [5.74, 6) is -0.123. The van der Waals surface area contributed by atoms with Crippen molar-refractivity contribution in [3.8, 4) is 5.75 Å². The van der Waals surface area contributed by atoms with E-state index in [1.54, 1.807) is 36.4 Å². The molecule has 0 spiro atoms. The molecule has 2 aromatic carbocycles. The highest BCUT2D eigenvalue weighted by Gasteiger charge is 2.00. The molecule has 5 nitrogen and oxygen atoms in total. The van der Waals surface area contributed by atoms with Crippen molar-refractivity contribution in [3.63, 3.8) is 0 Å². The number of urea groups is 1. The molecule has 0 aromatic heterocycles. The molecule has 5 heteroatoms. The maximum atomic E-state index is 11.5. The van der Waals surface area contributed by atoms with Gasteiger partial charge in [0.15, 0.2) is 0 Å². The summed E-state index contributed by atoms with van der Waals surface area (Å²) in [4.78, 5) is 23.0. The molecule has 21 heavy (non-hydrogen) atoms. The third-order valence-corrected chi connectivity index (χ3v) is 2.43. The van der Waals surface area contributed by atoms with Gasteiger partial charge < -0.3 is 15.4 Å². The van der Waals surface area contributed by atoms with Crippen molar-refractivity contribution in [2.45, 2.75) is 0 Å². The van der Waals surface area contributed by atoms with E-state index in [-0.39, 0.29) is 0 Å². The zero-order valence-corrected chi connectivity index (χ0v) is 11.2. The van der Waals surface area contributed by atoms with E-state index in [2.05, 4.69) is 10.6 Å². The van der Waals surface area contributed by atoms with Crippen molar-refractivity contribution in [1.82, 2.24) is 5.32 Å². The Bertz CT molecular complexity index is 624. The van der Waals surface area contributed by atoms with Gasteiger partial charge in [-0.05, 0) is 24.3 Å². The van der Waals surface area contributed by atoms with E-state index in [0.29, 0.717) is 11.4 Å². The van der Waals surface area contributed by atoms with Gasteiger partial charge in [-0.1, -0.05) is 36.4 Å². The van der Waals surface area contributed by atoms with Gasteiger partial charge in [-0.15, -0.1) is 0 Å². The lowest BCUT2D eigenvalue weighted by atomic mass is 10.3. The standard InChI is InChI=1S/C16H14N2O3/c19-15(21-14-9-5-2-6-10-14)11-12-17-16(20)18-13-7-3-1-4-8-13/h1-12H,(H2,17,18,20). The Kier molecular flexibility index (Phi) is 5.11. The van der Waals surface area contributed by atoms with E-state index < -0.39 is 12.0 Å². The Morgan fingerprint density at radius 1 is 0.905 bits per heavy atom. The molecule has 2 rings (SSSR count). The monoisotopic (exact) mass is 282 g/mol. The van der Waals surface area contributed by atoms with Crippen molar-refractivity contribution >= 4 is 17.7 Å². The molecule has 0 unspecified atom stereocenters. The lowest BCUT2D eigenvalue weighted by molar-refractivity contribution is -0.129. The number of nitrogens with one attached hydrogen (secondary N) is 2. The van der Waals surface area contributed by atoms with Crippen LogP contribution in [0.5, 0.6) is 5.75 Å². The SMILES string of the molecule is O=C(NC=CC(=O)Oc1ccccc1)Nc1ccccc1. The molecule has 2 amide bonds. The molecule has 0 heterocycles. The van der Waals surface area contributed by atoms with Crippen LogP contribution < -0.4 is 15.4 Å². The smallest absolute Gasteiger partial charge is 0.337 e. The normalized spacial score (nSPS) is 10.1. The molecule has 0 aliphatic heterocycles. The molecule has 0 aliphatic rings. The molecule has 0 atom stereocenters. The average molecular weight is 282 g/mol. The lowest BCUT2D eigenvalue weighted by Crippen LogP contribution is -2.24. The van der Waals surface area contributed by atoms with Crippen LogP contribution in [0.4, 0.5) is 10.5 Å². The first-order valence-corrected chi connectivity index (χ1v) is 6.30. The molecular weight excluding hydrogens is 268 g/mol. The van der Waals surface area contributed by atoms with Crippen LogP contribution in [-0.4, -0.2) is 12.0 Å². The van der Waals surface area contributed by atoms with Crippen LogP contribution in [0.25, 0.3) is 0 Å². The van der Waals surface area contributed by atoms with Gasteiger partial charge in [0.1, 0.15) is 5.75 Å². The highest BCUT2D eigenvalue weighted by Crippen LogP contribution is 2.08. The summed E-state index contributed by atoms with van der Waals surface area (Å²) in [5, 5.41) is 5.03. The average Bonchev–Trinajstić information content (AvgIpc) is 2.49. The predicted molar refractivity (Wildman–Crippen MR) is 79.8 cm³/mol. The first-order valence-electron chi connectivity index (χ1n) is 6.30. The maximum absolute atomic E-state index is 11.5. The van der Waals surface area contributed by atoms with Gasteiger partial charge in [0.25, 0.3) is 0 Å². The van der Waals surface area contributed by atoms with Crippen molar-refractivity contribution in [1.29, 1.82) is 0 Å². The van der Waals surface area contributed by atoms with Crippen LogP contribution in [0.2, 0.25) is 0 Å². The summed E-state index contributed by atoms with van der Waals surface area (Å²) >= 11 is 0. The van der Waals surface area contributed by atoms with E-state index in [1.165, 1.54) is 6.20 Å². The summed E-state index contributed by atoms with van der Waals surface area (Å²) in [6, 6.07) is 17.2. The highest BCUT2D eigenvalue weighted by molar-refractivity contribution is 5.91. The summed E-state index contributed by atoms with van der Waals surface area (Å²) in [7, 11) is 0. The zero-order chi connectivity index (χ0) is 14.9. The number of benzene rings is 2. The Balaban J connectivity index is 1.77. The summed E-state index contributed by atoms with van der Waals surface area (Å²) in [6.45, 7) is 0. The van der Waals surface area contributed by atoms with Gasteiger partial charge in [0, 0.05) is 18.0 Å². The van der Waals surface area contributed by atoms with Crippen LogP contribution in [0.1, 0.15) is 0 Å².